The maximum Gasteiger partial charge on any atom is 0.152 e. The highest BCUT2D eigenvalue weighted by atomic mass is 15.1. The molecule has 4 nitrogen and oxygen atoms in total. The van der Waals surface area contributed by atoms with Crippen LogP contribution in [0.15, 0.2) is 18.2 Å². The first-order valence-electron chi connectivity index (χ1n) is 7.70. The van der Waals surface area contributed by atoms with Gasteiger partial charge in [0.25, 0.3) is 0 Å². The van der Waals surface area contributed by atoms with Crippen LogP contribution in [-0.2, 0) is 13.0 Å². The van der Waals surface area contributed by atoms with Gasteiger partial charge in [0.1, 0.15) is 11.3 Å². The van der Waals surface area contributed by atoms with Crippen LogP contribution in [0.25, 0.3) is 21.9 Å². The summed E-state index contributed by atoms with van der Waals surface area (Å²) in [5.41, 5.74) is 10.3. The second-order valence-electron chi connectivity index (χ2n) is 5.60. The van der Waals surface area contributed by atoms with Crippen molar-refractivity contribution in [3.8, 4) is 0 Å². The number of hydrogen-bond acceptors (Lipinski definition) is 3. The van der Waals surface area contributed by atoms with Gasteiger partial charge in [0, 0.05) is 18.4 Å². The zero-order valence-corrected chi connectivity index (χ0v) is 13.0. The van der Waals surface area contributed by atoms with Crippen LogP contribution in [-0.4, -0.2) is 14.5 Å². The van der Waals surface area contributed by atoms with E-state index >= 15 is 0 Å². The first-order valence-corrected chi connectivity index (χ1v) is 7.70. The zero-order valence-electron chi connectivity index (χ0n) is 13.0. The van der Waals surface area contributed by atoms with E-state index in [0.29, 0.717) is 5.82 Å². The van der Waals surface area contributed by atoms with Gasteiger partial charge in [-0.3, -0.25) is 0 Å². The molecule has 0 amide bonds. The Morgan fingerprint density at radius 1 is 1.19 bits per heavy atom. The summed E-state index contributed by atoms with van der Waals surface area (Å²) in [5, 5.41) is 1.15. The summed E-state index contributed by atoms with van der Waals surface area (Å²) in [5.74, 6) is 1.63. The van der Waals surface area contributed by atoms with E-state index in [9.17, 15) is 0 Å². The third kappa shape index (κ3) is 2.24. The molecule has 3 rings (SSSR count). The summed E-state index contributed by atoms with van der Waals surface area (Å²) in [6.45, 7) is 7.41. The number of pyridine rings is 1. The normalized spacial score (nSPS) is 11.6. The number of anilines is 1. The average Bonchev–Trinajstić information content (AvgIpc) is 2.84. The van der Waals surface area contributed by atoms with E-state index in [1.165, 1.54) is 12.0 Å². The molecule has 0 unspecified atom stereocenters. The number of hydrogen-bond donors (Lipinski definition) is 1. The fraction of sp³-hybridized carbons (Fsp3) is 0.412. The van der Waals surface area contributed by atoms with Crippen molar-refractivity contribution in [2.45, 2.75) is 46.6 Å². The van der Waals surface area contributed by atoms with E-state index in [1.807, 2.05) is 0 Å². The number of aryl methyl sites for hydroxylation is 3. The standard InChI is InChI=1S/C17H22N4/c1-4-6-9-21-14(5-2)20-15-16(21)12-8-7-11(3)10-13(12)19-17(15)18/h7-8,10H,4-6,9H2,1-3H3,(H2,18,19). The van der Waals surface area contributed by atoms with Crippen molar-refractivity contribution in [3.05, 3.63) is 29.6 Å². The van der Waals surface area contributed by atoms with Crippen LogP contribution in [0.3, 0.4) is 0 Å². The lowest BCUT2D eigenvalue weighted by atomic mass is 10.1. The Labute approximate surface area is 125 Å². The van der Waals surface area contributed by atoms with Crippen molar-refractivity contribution in [2.75, 3.05) is 5.73 Å². The summed E-state index contributed by atoms with van der Waals surface area (Å²) in [6.07, 6.45) is 3.22. The smallest absolute Gasteiger partial charge is 0.152 e. The lowest BCUT2D eigenvalue weighted by Gasteiger charge is -2.09. The molecular weight excluding hydrogens is 260 g/mol. The molecule has 21 heavy (non-hydrogen) atoms. The minimum absolute atomic E-state index is 0.535. The Hall–Kier alpha value is -2.10. The predicted molar refractivity (Wildman–Crippen MR) is 88.5 cm³/mol. The Balaban J connectivity index is 2.39. The molecule has 0 bridgehead atoms. The number of fused-ring (bicyclic) bond motifs is 3. The van der Waals surface area contributed by atoms with Gasteiger partial charge in [-0.25, -0.2) is 9.97 Å². The van der Waals surface area contributed by atoms with Crippen LogP contribution in [0.5, 0.6) is 0 Å². The van der Waals surface area contributed by atoms with E-state index in [4.69, 9.17) is 10.7 Å². The number of benzene rings is 1. The molecule has 0 radical (unpaired) electrons. The number of rotatable bonds is 4. The molecule has 0 fully saturated rings. The first kappa shape index (κ1) is 13.9. The predicted octanol–water partition coefficient (Wildman–Crippen LogP) is 3.84. The number of nitrogens with two attached hydrogens (primary N) is 1. The second kappa shape index (κ2) is 5.35. The number of imidazole rings is 1. The van der Waals surface area contributed by atoms with E-state index in [0.717, 1.165) is 47.1 Å². The van der Waals surface area contributed by atoms with Gasteiger partial charge < -0.3 is 10.3 Å². The van der Waals surface area contributed by atoms with Crippen molar-refractivity contribution < 1.29 is 0 Å². The number of nitrogen functional groups attached to an aromatic ring is 1. The van der Waals surface area contributed by atoms with Gasteiger partial charge in [0.05, 0.1) is 11.0 Å². The lowest BCUT2D eigenvalue weighted by molar-refractivity contribution is 0.621. The summed E-state index contributed by atoms with van der Waals surface area (Å²) in [6, 6.07) is 6.36. The van der Waals surface area contributed by atoms with E-state index < -0.39 is 0 Å². The topological polar surface area (TPSA) is 56.7 Å². The minimum atomic E-state index is 0.535. The molecule has 0 saturated heterocycles. The highest BCUT2D eigenvalue weighted by Crippen LogP contribution is 2.29. The zero-order chi connectivity index (χ0) is 15.0. The van der Waals surface area contributed by atoms with Gasteiger partial charge in [-0.1, -0.05) is 32.4 Å². The Morgan fingerprint density at radius 3 is 2.71 bits per heavy atom. The largest absolute Gasteiger partial charge is 0.382 e. The van der Waals surface area contributed by atoms with Crippen molar-refractivity contribution >= 4 is 27.8 Å². The van der Waals surface area contributed by atoms with Gasteiger partial charge in [-0.2, -0.15) is 0 Å². The molecule has 0 saturated carbocycles. The number of unbranched alkanes of at least 4 members (excludes halogenated alkanes) is 1. The molecule has 0 aliphatic carbocycles. The van der Waals surface area contributed by atoms with Gasteiger partial charge in [-0.05, 0) is 25.0 Å². The van der Waals surface area contributed by atoms with Crippen LogP contribution in [0.2, 0.25) is 0 Å². The van der Waals surface area contributed by atoms with Crippen molar-refractivity contribution in [2.24, 2.45) is 0 Å². The summed E-state index contributed by atoms with van der Waals surface area (Å²) in [7, 11) is 0. The quantitative estimate of drug-likeness (QED) is 0.791. The van der Waals surface area contributed by atoms with Crippen LogP contribution >= 0.6 is 0 Å². The minimum Gasteiger partial charge on any atom is -0.382 e. The molecular formula is C17H22N4. The first-order chi connectivity index (χ1) is 10.2. The average molecular weight is 282 g/mol. The highest BCUT2D eigenvalue weighted by Gasteiger charge is 2.16. The molecule has 0 spiro atoms. The second-order valence-corrected chi connectivity index (χ2v) is 5.60. The van der Waals surface area contributed by atoms with Gasteiger partial charge in [-0.15, -0.1) is 0 Å². The Kier molecular flexibility index (Phi) is 3.53. The fourth-order valence-corrected chi connectivity index (χ4v) is 2.89. The molecule has 4 heteroatoms. The van der Waals surface area contributed by atoms with Crippen molar-refractivity contribution in [1.29, 1.82) is 0 Å². The van der Waals surface area contributed by atoms with Crippen molar-refractivity contribution in [1.82, 2.24) is 14.5 Å². The monoisotopic (exact) mass is 282 g/mol. The van der Waals surface area contributed by atoms with Crippen LogP contribution in [0, 0.1) is 6.92 Å². The number of aromatic nitrogens is 3. The van der Waals surface area contributed by atoms with Gasteiger partial charge in [0.2, 0.25) is 0 Å². The number of nitrogens with zero attached hydrogens (tertiary/aromatic N) is 3. The van der Waals surface area contributed by atoms with Crippen LogP contribution in [0.1, 0.15) is 38.1 Å². The van der Waals surface area contributed by atoms with Crippen LogP contribution < -0.4 is 5.73 Å². The molecule has 0 aliphatic rings. The molecule has 1 aromatic carbocycles. The Morgan fingerprint density at radius 2 is 2.00 bits per heavy atom. The molecule has 110 valence electrons. The molecule has 2 heterocycles. The van der Waals surface area contributed by atoms with E-state index in [2.05, 4.69) is 48.5 Å². The van der Waals surface area contributed by atoms with Crippen LogP contribution in [0.4, 0.5) is 5.82 Å². The SMILES string of the molecule is CCCCn1c(CC)nc2c(N)nc3cc(C)ccc3c21. The highest BCUT2D eigenvalue weighted by molar-refractivity contribution is 6.06. The molecule has 2 aromatic heterocycles. The molecule has 3 aromatic rings. The maximum absolute atomic E-state index is 6.15. The third-order valence-electron chi connectivity index (χ3n) is 3.99. The summed E-state index contributed by atoms with van der Waals surface area (Å²) < 4.78 is 2.33. The van der Waals surface area contributed by atoms with Crippen molar-refractivity contribution in [3.63, 3.8) is 0 Å². The maximum atomic E-state index is 6.15. The lowest BCUT2D eigenvalue weighted by Crippen LogP contribution is -2.03. The van der Waals surface area contributed by atoms with Gasteiger partial charge in [0.15, 0.2) is 5.82 Å². The molecule has 2 N–H and O–H groups in total. The molecule has 0 aliphatic heterocycles. The third-order valence-corrected chi connectivity index (χ3v) is 3.99. The molecule has 0 atom stereocenters. The van der Waals surface area contributed by atoms with E-state index in [1.54, 1.807) is 0 Å². The van der Waals surface area contributed by atoms with Gasteiger partial charge >= 0.3 is 0 Å². The van der Waals surface area contributed by atoms with E-state index in [-0.39, 0.29) is 0 Å². The summed E-state index contributed by atoms with van der Waals surface area (Å²) in [4.78, 5) is 9.27. The Bertz CT molecular complexity index is 802. The fourth-order valence-electron chi connectivity index (χ4n) is 2.89. The summed E-state index contributed by atoms with van der Waals surface area (Å²) >= 11 is 0.